The predicted molar refractivity (Wildman–Crippen MR) is 55.4 cm³/mol. The van der Waals surface area contributed by atoms with E-state index in [0.717, 1.165) is 11.5 Å². The molecule has 15 heavy (non-hydrogen) atoms. The van der Waals surface area contributed by atoms with E-state index in [1.807, 2.05) is 19.9 Å². The van der Waals surface area contributed by atoms with Gasteiger partial charge in [-0.05, 0) is 6.07 Å². The molecule has 72 valence electrons. The summed E-state index contributed by atoms with van der Waals surface area (Å²) in [7, 11) is 0. The van der Waals surface area contributed by atoms with Gasteiger partial charge in [-0.1, -0.05) is 23.9 Å². The predicted octanol–water partition coefficient (Wildman–Crippen LogP) is 1.07. The molecule has 0 saturated heterocycles. The van der Waals surface area contributed by atoms with Gasteiger partial charge in [-0.3, -0.25) is 0 Å². The number of oxazole rings is 1. The zero-order valence-electron chi connectivity index (χ0n) is 8.83. The number of H-pyrrole nitrogens is 1. The smallest absolute Gasteiger partial charge is 0.872 e. The number of hydrogen-bond donors (Lipinski definition) is 0. The Labute approximate surface area is 92.0 Å². The second kappa shape index (κ2) is 4.28. The minimum absolute atomic E-state index is 0. The molecule has 0 saturated carbocycles. The zero-order valence-corrected chi connectivity index (χ0v) is 8.83. The zero-order chi connectivity index (χ0) is 10.1. The van der Waals surface area contributed by atoms with Crippen LogP contribution in [0.15, 0.2) is 28.7 Å². The fourth-order valence-corrected chi connectivity index (χ4v) is 1.29. The van der Waals surface area contributed by atoms with Gasteiger partial charge in [0.05, 0.1) is 5.56 Å². The van der Waals surface area contributed by atoms with E-state index in [1.165, 1.54) is 6.07 Å². The van der Waals surface area contributed by atoms with Crippen LogP contribution in [0.1, 0.15) is 11.5 Å². The number of para-hydroxylation sites is 1. The Hall–Kier alpha value is -1.60. The van der Waals surface area contributed by atoms with Crippen molar-refractivity contribution in [2.24, 2.45) is 0 Å². The van der Waals surface area contributed by atoms with Crippen molar-refractivity contribution in [1.29, 1.82) is 0 Å². The summed E-state index contributed by atoms with van der Waals surface area (Å²) in [6, 6.07) is 6.80. The van der Waals surface area contributed by atoms with Crippen molar-refractivity contribution in [3.8, 4) is 17.2 Å². The van der Waals surface area contributed by atoms with Crippen LogP contribution in [0, 0.1) is 13.8 Å². The Morgan fingerprint density at radius 1 is 1.20 bits per heavy atom. The van der Waals surface area contributed by atoms with Crippen LogP contribution in [0.4, 0.5) is 0 Å². The summed E-state index contributed by atoms with van der Waals surface area (Å²) in [4.78, 5) is 3.03. The number of aromatic amines is 1. The summed E-state index contributed by atoms with van der Waals surface area (Å²) < 4.78 is 5.43. The van der Waals surface area contributed by atoms with E-state index in [4.69, 9.17) is 4.42 Å². The second-order valence-electron chi connectivity index (χ2n) is 3.23. The number of nitrogens with one attached hydrogen (secondary N) is 1. The van der Waals surface area contributed by atoms with Crippen LogP contribution < -0.4 is 10.1 Å². The van der Waals surface area contributed by atoms with E-state index in [9.17, 15) is 5.11 Å². The average molecular weight is 198 g/mol. The topological polar surface area (TPSA) is 50.3 Å². The van der Waals surface area contributed by atoms with Crippen molar-refractivity contribution in [2.75, 3.05) is 0 Å². The third-order valence-corrected chi connectivity index (χ3v) is 2.22. The first-order chi connectivity index (χ1) is 6.68. The quantitative estimate of drug-likeness (QED) is 0.643. The summed E-state index contributed by atoms with van der Waals surface area (Å²) in [5.41, 5.74) is 1.52. The Morgan fingerprint density at radius 2 is 1.87 bits per heavy atom. The summed E-state index contributed by atoms with van der Waals surface area (Å²) in [5.74, 6) is 1.31. The van der Waals surface area contributed by atoms with E-state index < -0.39 is 0 Å². The monoisotopic (exact) mass is 198 g/mol. The first kappa shape index (κ1) is 11.5. The van der Waals surface area contributed by atoms with Crippen LogP contribution >= 0.6 is 0 Å². The van der Waals surface area contributed by atoms with Crippen molar-refractivity contribution in [3.63, 3.8) is 0 Å². The minimum Gasteiger partial charge on any atom is -0.872 e. The van der Waals surface area contributed by atoms with Gasteiger partial charge in [-0.15, -0.1) is 0 Å². The summed E-state index contributed by atoms with van der Waals surface area (Å²) >= 11 is 0. The van der Waals surface area contributed by atoms with E-state index in [0.29, 0.717) is 11.5 Å². The van der Waals surface area contributed by atoms with Gasteiger partial charge in [-0.2, -0.15) is 4.98 Å². The molecule has 1 aromatic heterocycles. The Balaban J connectivity index is 0.00000112. The number of rotatable bonds is 1. The number of hydrogen-bond acceptors (Lipinski definition) is 2. The molecule has 2 aromatic rings. The average Bonchev–Trinajstić information content (AvgIpc) is 2.48. The number of aromatic nitrogens is 1. The Bertz CT molecular complexity index is 446. The first-order valence-corrected chi connectivity index (χ1v) is 4.44. The molecular formula is C11H11BeNO2+2. The first-order valence-electron chi connectivity index (χ1n) is 4.44. The van der Waals surface area contributed by atoms with Gasteiger partial charge in [0.1, 0.15) is 0 Å². The molecule has 0 unspecified atom stereocenters. The molecule has 0 amide bonds. The van der Waals surface area contributed by atoms with Gasteiger partial charge in [-0.25, -0.2) is 0 Å². The maximum absolute atomic E-state index is 11.5. The third-order valence-electron chi connectivity index (χ3n) is 2.22. The van der Waals surface area contributed by atoms with Crippen molar-refractivity contribution in [1.82, 2.24) is 0 Å². The molecular weight excluding hydrogens is 187 g/mol. The van der Waals surface area contributed by atoms with E-state index in [2.05, 4.69) is 4.98 Å². The number of benzene rings is 1. The molecule has 3 nitrogen and oxygen atoms in total. The molecule has 0 aliphatic heterocycles. The van der Waals surface area contributed by atoms with Gasteiger partial charge in [0.2, 0.25) is 5.69 Å². The second-order valence-corrected chi connectivity index (χ2v) is 3.23. The van der Waals surface area contributed by atoms with E-state index >= 15 is 0 Å². The number of aryl methyl sites for hydroxylation is 2. The fraction of sp³-hybridized carbons (Fsp3) is 0.182. The largest absolute Gasteiger partial charge is 2.00 e. The SMILES string of the molecule is Cc1[nH+]c(-c2ccccc2[O-])oc1C.[Be+2]. The van der Waals surface area contributed by atoms with Crippen molar-refractivity contribution in [3.05, 3.63) is 35.7 Å². The molecule has 0 atom stereocenters. The molecule has 1 aromatic carbocycles. The van der Waals surface area contributed by atoms with Crippen LogP contribution in [0.3, 0.4) is 0 Å². The summed E-state index contributed by atoms with van der Waals surface area (Å²) in [6.45, 7) is 3.78. The molecule has 1 N–H and O–H groups in total. The van der Waals surface area contributed by atoms with Crippen LogP contribution in [-0.4, -0.2) is 10.1 Å². The van der Waals surface area contributed by atoms with Gasteiger partial charge in [0.15, 0.2) is 5.76 Å². The molecule has 0 aliphatic rings. The third kappa shape index (κ3) is 2.08. The van der Waals surface area contributed by atoms with Crippen LogP contribution in [0.5, 0.6) is 5.75 Å². The molecule has 1 heterocycles. The van der Waals surface area contributed by atoms with Crippen molar-refractivity contribution in [2.45, 2.75) is 13.8 Å². The van der Waals surface area contributed by atoms with Crippen molar-refractivity contribution >= 4 is 10.1 Å². The standard InChI is InChI=1S/C11H11NO2.Be/c1-7-8(2)14-11(12-7)9-5-3-4-6-10(9)13;/h3-6,13H,1-2H3;/q;+2. The molecule has 0 fully saturated rings. The van der Waals surface area contributed by atoms with Crippen LogP contribution in [-0.2, 0) is 0 Å². The van der Waals surface area contributed by atoms with E-state index in [1.54, 1.807) is 12.1 Å². The Kier molecular flexibility index (Phi) is 3.27. The van der Waals surface area contributed by atoms with Crippen LogP contribution in [0.25, 0.3) is 11.5 Å². The maximum Gasteiger partial charge on any atom is 2.00 e. The molecule has 4 heteroatoms. The maximum atomic E-state index is 11.5. The fourth-order valence-electron chi connectivity index (χ4n) is 1.29. The molecule has 0 bridgehead atoms. The van der Waals surface area contributed by atoms with Gasteiger partial charge < -0.3 is 9.52 Å². The van der Waals surface area contributed by atoms with E-state index in [-0.39, 0.29) is 15.9 Å². The summed E-state index contributed by atoms with van der Waals surface area (Å²) in [6.07, 6.45) is 0. The normalized spacial score (nSPS) is 9.73. The van der Waals surface area contributed by atoms with Gasteiger partial charge >= 0.3 is 16.0 Å². The van der Waals surface area contributed by atoms with Gasteiger partial charge in [0, 0.05) is 13.8 Å². The molecule has 0 radical (unpaired) electrons. The van der Waals surface area contributed by atoms with Crippen molar-refractivity contribution < 1.29 is 14.5 Å². The Morgan fingerprint density at radius 3 is 2.40 bits per heavy atom. The van der Waals surface area contributed by atoms with Gasteiger partial charge in [0.25, 0.3) is 0 Å². The molecule has 2 rings (SSSR count). The molecule has 0 spiro atoms. The summed E-state index contributed by atoms with van der Waals surface area (Å²) in [5, 5.41) is 11.5. The van der Waals surface area contributed by atoms with Crippen LogP contribution in [0.2, 0.25) is 0 Å². The molecule has 0 aliphatic carbocycles. The minimum atomic E-state index is -0.0301.